The molecule has 30 heavy (non-hydrogen) atoms. The van der Waals surface area contributed by atoms with Gasteiger partial charge < -0.3 is 9.69 Å². The average molecular weight is 545 g/mol. The Morgan fingerprint density at radius 1 is 0.633 bits per heavy atom. The molecule has 0 spiro atoms. The highest BCUT2D eigenvalue weighted by atomic mass is 32.3. The number of hydrogen-bond acceptors (Lipinski definition) is 10. The summed E-state index contributed by atoms with van der Waals surface area (Å²) in [5.41, 5.74) is 0. The van der Waals surface area contributed by atoms with E-state index in [1.54, 1.807) is 94.1 Å². The number of rotatable bonds is 12. The minimum absolute atomic E-state index is 0.510. The first kappa shape index (κ1) is 26.2. The van der Waals surface area contributed by atoms with Gasteiger partial charge in [-0.3, -0.25) is 0 Å². The Labute approximate surface area is 212 Å². The van der Waals surface area contributed by atoms with E-state index in [1.807, 2.05) is 0 Å². The number of nitrogens with zero attached hydrogens (tertiary/aromatic N) is 4. The Morgan fingerprint density at radius 2 is 0.967 bits per heavy atom. The van der Waals surface area contributed by atoms with E-state index in [0.29, 0.717) is 25.9 Å². The quantitative estimate of drug-likeness (QED) is 0.179. The van der Waals surface area contributed by atoms with Crippen LogP contribution in [-0.4, -0.2) is 36.1 Å². The van der Waals surface area contributed by atoms with E-state index in [4.69, 9.17) is 23.7 Å². The van der Waals surface area contributed by atoms with Gasteiger partial charge in [0.25, 0.3) is 0 Å². The zero-order chi connectivity index (χ0) is 21.6. The van der Waals surface area contributed by atoms with Gasteiger partial charge in [0.1, 0.15) is 0 Å². The van der Waals surface area contributed by atoms with Crippen molar-refractivity contribution >= 4 is 94.1 Å². The second-order valence-corrected chi connectivity index (χ2v) is 15.2. The van der Waals surface area contributed by atoms with Crippen molar-refractivity contribution in [3.8, 4) is 12.1 Å². The molecular weight excluding hydrogens is 529 g/mol. The molecule has 0 atom stereocenters. The van der Waals surface area contributed by atoms with Gasteiger partial charge in [0.05, 0.1) is 49.1 Å². The van der Waals surface area contributed by atoms with Gasteiger partial charge in [0.15, 0.2) is 0 Å². The fourth-order valence-corrected chi connectivity index (χ4v) is 13.4. The number of hydrogen-bond donors (Lipinski definition) is 0. The summed E-state index contributed by atoms with van der Waals surface area (Å²) in [5.74, 6) is 3.12. The molecule has 0 aromatic carbocycles. The molecule has 0 saturated carbocycles. The number of nitriles is 2. The fourth-order valence-electron chi connectivity index (χ4n) is 1.81. The molecule has 0 unspecified atom stereocenters. The van der Waals surface area contributed by atoms with Crippen LogP contribution < -0.4 is 0 Å². The zero-order valence-corrected chi connectivity index (χ0v) is 22.2. The molecule has 156 valence electrons. The van der Waals surface area contributed by atoms with E-state index in [2.05, 4.69) is 21.8 Å². The Hall–Kier alpha value is -0.0200. The summed E-state index contributed by atoms with van der Waals surface area (Å²) in [7, 11) is 0. The Bertz CT molecular complexity index is 742. The zero-order valence-electron chi connectivity index (χ0n) is 15.7. The molecule has 0 saturated heterocycles. The Balaban J connectivity index is 2.09. The molecule has 12 heteroatoms. The molecule has 0 N–H and O–H groups in total. The average Bonchev–Trinajstić information content (AvgIpc) is 3.33. The molecule has 2 aliphatic rings. The van der Waals surface area contributed by atoms with Gasteiger partial charge >= 0.3 is 0 Å². The van der Waals surface area contributed by atoms with Crippen LogP contribution >= 0.6 is 94.1 Å². The van der Waals surface area contributed by atoms with Gasteiger partial charge in [0.2, 0.25) is 13.1 Å². The molecule has 4 nitrogen and oxygen atoms in total. The lowest BCUT2D eigenvalue weighted by Crippen LogP contribution is -1.84. The summed E-state index contributed by atoms with van der Waals surface area (Å²) in [4.78, 5) is 6.90. The lowest BCUT2D eigenvalue weighted by atomic mass is 10.6. The third-order valence-electron chi connectivity index (χ3n) is 3.01. The molecule has 0 aliphatic carbocycles. The van der Waals surface area contributed by atoms with Crippen molar-refractivity contribution in [2.45, 2.75) is 12.8 Å². The lowest BCUT2D eigenvalue weighted by Gasteiger charge is -2.02. The predicted octanol–water partition coefficient (Wildman–Crippen LogP) is 7.92. The van der Waals surface area contributed by atoms with Crippen molar-refractivity contribution < 1.29 is 0 Å². The van der Waals surface area contributed by atoms with Crippen molar-refractivity contribution in [2.75, 3.05) is 36.1 Å². The molecule has 0 bridgehead atoms. The first-order valence-corrected chi connectivity index (χ1v) is 15.8. The topological polar surface area (TPSA) is 56.3 Å². The smallest absolute Gasteiger partial charge is 0.224 e. The van der Waals surface area contributed by atoms with Crippen LogP contribution in [0, 0.1) is 35.8 Å². The maximum Gasteiger partial charge on any atom is 0.224 e. The molecule has 0 aromatic heterocycles. The normalized spacial score (nSPS) is 15.9. The SMILES string of the molecule is [C-]#[N+]CCSC1=C(SCC[N+]#[C-])SC(=C2SC(SCCC#N)=C(SCCC#N)S2)S1. The summed E-state index contributed by atoms with van der Waals surface area (Å²) in [5, 5.41) is 17.7. The summed E-state index contributed by atoms with van der Waals surface area (Å²) in [6.07, 6.45) is 1.05. The fraction of sp³-hybridized carbons (Fsp3) is 0.444. The van der Waals surface area contributed by atoms with Crippen LogP contribution in [0.3, 0.4) is 0 Å². The van der Waals surface area contributed by atoms with Gasteiger partial charge in [-0.05, 0) is 0 Å². The molecule has 2 rings (SSSR count). The van der Waals surface area contributed by atoms with Crippen LogP contribution in [0.1, 0.15) is 12.8 Å². The van der Waals surface area contributed by atoms with Gasteiger partial charge in [-0.25, -0.2) is 13.1 Å². The monoisotopic (exact) mass is 544 g/mol. The Morgan fingerprint density at radius 3 is 1.27 bits per heavy atom. The van der Waals surface area contributed by atoms with Crippen LogP contribution in [0.25, 0.3) is 9.69 Å². The largest absolute Gasteiger partial charge is 0.316 e. The third-order valence-corrected chi connectivity index (χ3v) is 14.5. The highest BCUT2D eigenvalue weighted by Crippen LogP contribution is 2.66. The summed E-state index contributed by atoms with van der Waals surface area (Å²) in [6, 6.07) is 4.40. The third kappa shape index (κ3) is 8.85. The molecule has 0 aromatic rings. The van der Waals surface area contributed by atoms with E-state index >= 15 is 0 Å². The van der Waals surface area contributed by atoms with Crippen molar-refractivity contribution in [1.29, 1.82) is 10.5 Å². The summed E-state index contributed by atoms with van der Waals surface area (Å²) >= 11 is 14.0. The molecular formula is C18H16N4S8. The van der Waals surface area contributed by atoms with Crippen molar-refractivity contribution in [3.63, 3.8) is 0 Å². The summed E-state index contributed by atoms with van der Waals surface area (Å²) in [6.45, 7) is 15.0. The minimum atomic E-state index is 0.510. The van der Waals surface area contributed by atoms with Crippen LogP contribution in [0.4, 0.5) is 0 Å². The molecule has 0 fully saturated rings. The first-order chi connectivity index (χ1) is 14.7. The molecule has 2 aliphatic heterocycles. The number of thioether (sulfide) groups is 8. The van der Waals surface area contributed by atoms with E-state index in [-0.39, 0.29) is 0 Å². The highest BCUT2D eigenvalue weighted by molar-refractivity contribution is 8.45. The highest BCUT2D eigenvalue weighted by Gasteiger charge is 2.31. The van der Waals surface area contributed by atoms with Crippen molar-refractivity contribution in [3.05, 3.63) is 48.3 Å². The standard InChI is InChI=1S/C18H16N4S8/c1-21-7-11-25-15-16(26-12-8-22-2)30-18(29-15)17-27-13(23-9-3-5-19)14(28-17)24-10-4-6-20/h3-4,7-12H2. The molecule has 2 heterocycles. The van der Waals surface area contributed by atoms with Gasteiger partial charge in [-0.2, -0.15) is 10.5 Å². The van der Waals surface area contributed by atoms with E-state index in [0.717, 1.165) is 23.0 Å². The van der Waals surface area contributed by atoms with Crippen LogP contribution in [0.5, 0.6) is 0 Å². The van der Waals surface area contributed by atoms with E-state index in [9.17, 15) is 0 Å². The van der Waals surface area contributed by atoms with Gasteiger partial charge in [-0.15, -0.1) is 47.0 Å². The van der Waals surface area contributed by atoms with Crippen LogP contribution in [0.2, 0.25) is 0 Å². The van der Waals surface area contributed by atoms with Crippen molar-refractivity contribution in [1.82, 2.24) is 0 Å². The minimum Gasteiger partial charge on any atom is -0.316 e. The maximum atomic E-state index is 8.84. The Kier molecular flexibility index (Phi) is 13.8. The second kappa shape index (κ2) is 15.7. The predicted molar refractivity (Wildman–Crippen MR) is 145 cm³/mol. The van der Waals surface area contributed by atoms with Crippen molar-refractivity contribution in [2.24, 2.45) is 0 Å². The second-order valence-electron chi connectivity index (χ2n) is 5.11. The molecule has 0 radical (unpaired) electrons. The first-order valence-electron chi connectivity index (χ1n) is 8.59. The summed E-state index contributed by atoms with van der Waals surface area (Å²) < 4.78 is 7.47. The maximum absolute atomic E-state index is 8.84. The van der Waals surface area contributed by atoms with Crippen LogP contribution in [0.15, 0.2) is 25.4 Å². The van der Waals surface area contributed by atoms with Gasteiger partial charge in [0, 0.05) is 24.3 Å². The van der Waals surface area contributed by atoms with Gasteiger partial charge in [-0.1, -0.05) is 47.0 Å². The lowest BCUT2D eigenvalue weighted by molar-refractivity contribution is 1.24. The van der Waals surface area contributed by atoms with E-state index < -0.39 is 0 Å². The van der Waals surface area contributed by atoms with E-state index in [1.165, 1.54) is 25.4 Å². The van der Waals surface area contributed by atoms with Crippen LogP contribution in [-0.2, 0) is 0 Å². The molecule has 0 amide bonds.